The third kappa shape index (κ3) is 2.07. The number of carbonyl (C=O) groups is 1. The summed E-state index contributed by atoms with van der Waals surface area (Å²) >= 11 is 0. The van der Waals surface area contributed by atoms with Crippen LogP contribution in [-0.4, -0.2) is 22.9 Å². The average molecular weight is 245 g/mol. The van der Waals surface area contributed by atoms with Crippen LogP contribution >= 0.6 is 0 Å². The summed E-state index contributed by atoms with van der Waals surface area (Å²) in [4.78, 5) is 11.8. The first-order valence-corrected chi connectivity index (χ1v) is 5.54. The van der Waals surface area contributed by atoms with Gasteiger partial charge in [-0.15, -0.1) is 0 Å². The molecule has 0 bridgehead atoms. The Morgan fingerprint density at radius 3 is 2.61 bits per heavy atom. The zero-order chi connectivity index (χ0) is 13.3. The van der Waals surface area contributed by atoms with Gasteiger partial charge in [-0.2, -0.15) is 5.10 Å². The Bertz CT molecular complexity index is 602. The SMILES string of the molecule is COC(=O)c1cc(N)ccc1-n1nc(C)cc1C. The van der Waals surface area contributed by atoms with Crippen LogP contribution in [0.2, 0.25) is 0 Å². The molecule has 18 heavy (non-hydrogen) atoms. The molecule has 2 rings (SSSR count). The average Bonchev–Trinajstić information content (AvgIpc) is 2.67. The lowest BCUT2D eigenvalue weighted by atomic mass is 10.1. The lowest BCUT2D eigenvalue weighted by Crippen LogP contribution is -2.10. The van der Waals surface area contributed by atoms with Crippen LogP contribution in [0.4, 0.5) is 5.69 Å². The quantitative estimate of drug-likeness (QED) is 0.647. The summed E-state index contributed by atoms with van der Waals surface area (Å²) in [5, 5.41) is 4.36. The molecule has 5 nitrogen and oxygen atoms in total. The van der Waals surface area contributed by atoms with E-state index in [1.54, 1.807) is 22.9 Å². The summed E-state index contributed by atoms with van der Waals surface area (Å²) in [5.41, 5.74) is 9.13. The van der Waals surface area contributed by atoms with Crippen molar-refractivity contribution in [2.45, 2.75) is 13.8 Å². The number of aryl methyl sites for hydroxylation is 2. The molecule has 5 heteroatoms. The van der Waals surface area contributed by atoms with E-state index in [4.69, 9.17) is 10.5 Å². The minimum absolute atomic E-state index is 0.406. The van der Waals surface area contributed by atoms with Gasteiger partial charge in [0.15, 0.2) is 0 Å². The molecule has 0 aliphatic carbocycles. The van der Waals surface area contributed by atoms with E-state index in [0.717, 1.165) is 11.4 Å². The Morgan fingerprint density at radius 1 is 1.33 bits per heavy atom. The summed E-state index contributed by atoms with van der Waals surface area (Å²) in [6.07, 6.45) is 0. The molecule has 1 heterocycles. The van der Waals surface area contributed by atoms with Crippen LogP contribution in [0.15, 0.2) is 24.3 Å². The van der Waals surface area contributed by atoms with Crippen LogP contribution in [0.1, 0.15) is 21.7 Å². The number of nitrogen functional groups attached to an aromatic ring is 1. The van der Waals surface area contributed by atoms with Gasteiger partial charge >= 0.3 is 5.97 Å². The second-order valence-electron chi connectivity index (χ2n) is 4.11. The minimum Gasteiger partial charge on any atom is -0.465 e. The van der Waals surface area contributed by atoms with E-state index in [-0.39, 0.29) is 0 Å². The lowest BCUT2D eigenvalue weighted by Gasteiger charge is -2.10. The van der Waals surface area contributed by atoms with E-state index in [0.29, 0.717) is 16.9 Å². The number of aromatic nitrogens is 2. The van der Waals surface area contributed by atoms with Crippen molar-refractivity contribution in [3.63, 3.8) is 0 Å². The predicted octanol–water partition coefficient (Wildman–Crippen LogP) is 1.86. The molecule has 1 aromatic heterocycles. The topological polar surface area (TPSA) is 70.1 Å². The van der Waals surface area contributed by atoms with Gasteiger partial charge in [0.05, 0.1) is 24.1 Å². The second-order valence-corrected chi connectivity index (χ2v) is 4.11. The summed E-state index contributed by atoms with van der Waals surface area (Å²) in [7, 11) is 1.34. The molecule has 0 radical (unpaired) electrons. The number of nitrogens with zero attached hydrogens (tertiary/aromatic N) is 2. The first-order chi connectivity index (χ1) is 8.52. The molecule has 0 fully saturated rings. The van der Waals surface area contributed by atoms with Gasteiger partial charge in [-0.3, -0.25) is 0 Å². The highest BCUT2D eigenvalue weighted by Gasteiger charge is 2.15. The molecular formula is C13H15N3O2. The van der Waals surface area contributed by atoms with Crippen LogP contribution in [0.3, 0.4) is 0 Å². The van der Waals surface area contributed by atoms with Crippen LogP contribution in [-0.2, 0) is 4.74 Å². The van der Waals surface area contributed by atoms with Crippen LogP contribution < -0.4 is 5.73 Å². The molecule has 0 saturated heterocycles. The maximum atomic E-state index is 11.8. The molecule has 2 aromatic rings. The number of benzene rings is 1. The van der Waals surface area contributed by atoms with E-state index in [9.17, 15) is 4.79 Å². The van der Waals surface area contributed by atoms with Crippen molar-refractivity contribution >= 4 is 11.7 Å². The van der Waals surface area contributed by atoms with Gasteiger partial charge < -0.3 is 10.5 Å². The van der Waals surface area contributed by atoms with E-state index in [1.165, 1.54) is 7.11 Å². The van der Waals surface area contributed by atoms with Gasteiger partial charge in [-0.1, -0.05) is 0 Å². The van der Waals surface area contributed by atoms with Gasteiger partial charge in [-0.25, -0.2) is 9.48 Å². The minimum atomic E-state index is -0.426. The Morgan fingerprint density at radius 2 is 2.06 bits per heavy atom. The van der Waals surface area contributed by atoms with Crippen LogP contribution in [0.5, 0.6) is 0 Å². The Labute approximate surface area is 105 Å². The molecule has 0 amide bonds. The third-order valence-electron chi connectivity index (χ3n) is 2.66. The fraction of sp³-hybridized carbons (Fsp3) is 0.231. The number of ether oxygens (including phenoxy) is 1. The van der Waals surface area contributed by atoms with Gasteiger partial charge in [-0.05, 0) is 38.1 Å². The predicted molar refractivity (Wildman–Crippen MR) is 68.8 cm³/mol. The van der Waals surface area contributed by atoms with Gasteiger partial charge in [0.25, 0.3) is 0 Å². The molecule has 94 valence electrons. The zero-order valence-electron chi connectivity index (χ0n) is 10.6. The summed E-state index contributed by atoms with van der Waals surface area (Å²) < 4.78 is 6.47. The van der Waals surface area contributed by atoms with E-state index >= 15 is 0 Å². The molecule has 0 unspecified atom stereocenters. The van der Waals surface area contributed by atoms with Gasteiger partial charge in [0.2, 0.25) is 0 Å². The Hall–Kier alpha value is -2.30. The first kappa shape index (κ1) is 12.2. The highest BCUT2D eigenvalue weighted by molar-refractivity contribution is 5.94. The van der Waals surface area contributed by atoms with Gasteiger partial charge in [0, 0.05) is 11.4 Å². The Balaban J connectivity index is 2.64. The number of hydrogen-bond donors (Lipinski definition) is 1. The number of rotatable bonds is 2. The molecule has 0 saturated carbocycles. The number of methoxy groups -OCH3 is 1. The van der Waals surface area contributed by atoms with Gasteiger partial charge in [0.1, 0.15) is 0 Å². The number of carbonyl (C=O) groups excluding carboxylic acids is 1. The van der Waals surface area contributed by atoms with E-state index < -0.39 is 5.97 Å². The summed E-state index contributed by atoms with van der Waals surface area (Å²) in [6.45, 7) is 3.83. The van der Waals surface area contributed by atoms with Crippen LogP contribution in [0.25, 0.3) is 5.69 Å². The smallest absolute Gasteiger partial charge is 0.340 e. The van der Waals surface area contributed by atoms with E-state index in [1.807, 2.05) is 19.9 Å². The molecule has 0 aliphatic heterocycles. The number of esters is 1. The number of hydrogen-bond acceptors (Lipinski definition) is 4. The standard InChI is InChI=1S/C13H15N3O2/c1-8-6-9(2)16(15-8)12-5-4-10(14)7-11(12)13(17)18-3/h4-7H,14H2,1-3H3. The van der Waals surface area contributed by atoms with E-state index in [2.05, 4.69) is 5.10 Å². The molecule has 1 aromatic carbocycles. The van der Waals surface area contributed by atoms with Crippen molar-refractivity contribution in [3.8, 4) is 5.69 Å². The molecule has 0 aliphatic rings. The molecular weight excluding hydrogens is 230 g/mol. The van der Waals surface area contributed by atoms with Crippen molar-refractivity contribution < 1.29 is 9.53 Å². The Kier molecular flexibility index (Phi) is 3.06. The second kappa shape index (κ2) is 4.52. The zero-order valence-corrected chi connectivity index (χ0v) is 10.6. The lowest BCUT2D eigenvalue weighted by molar-refractivity contribution is 0.0600. The van der Waals surface area contributed by atoms with Crippen molar-refractivity contribution in [1.29, 1.82) is 0 Å². The number of anilines is 1. The highest BCUT2D eigenvalue weighted by Crippen LogP contribution is 2.20. The largest absolute Gasteiger partial charge is 0.465 e. The fourth-order valence-electron chi connectivity index (χ4n) is 1.88. The maximum absolute atomic E-state index is 11.8. The van der Waals surface area contributed by atoms with Crippen molar-refractivity contribution in [2.75, 3.05) is 12.8 Å². The summed E-state index contributed by atoms with van der Waals surface area (Å²) in [5.74, 6) is -0.426. The molecule has 0 atom stereocenters. The normalized spacial score (nSPS) is 10.4. The van der Waals surface area contributed by atoms with Crippen LogP contribution in [0, 0.1) is 13.8 Å². The molecule has 0 spiro atoms. The van der Waals surface area contributed by atoms with Crippen molar-refractivity contribution in [1.82, 2.24) is 9.78 Å². The maximum Gasteiger partial charge on any atom is 0.340 e. The monoisotopic (exact) mass is 245 g/mol. The molecule has 2 N–H and O–H groups in total. The van der Waals surface area contributed by atoms with Crippen molar-refractivity contribution in [2.24, 2.45) is 0 Å². The fourth-order valence-corrected chi connectivity index (χ4v) is 1.88. The highest BCUT2D eigenvalue weighted by atomic mass is 16.5. The first-order valence-electron chi connectivity index (χ1n) is 5.54. The third-order valence-corrected chi connectivity index (χ3v) is 2.66. The van der Waals surface area contributed by atoms with Crippen molar-refractivity contribution in [3.05, 3.63) is 41.2 Å². The number of nitrogens with two attached hydrogens (primary N) is 1. The summed E-state index contributed by atoms with van der Waals surface area (Å²) in [6, 6.07) is 7.04.